The van der Waals surface area contributed by atoms with Crippen molar-refractivity contribution in [3.63, 3.8) is 0 Å². The molecule has 4 N–H and O–H groups in total. The van der Waals surface area contributed by atoms with Crippen LogP contribution in [-0.4, -0.2) is 22.9 Å². The first kappa shape index (κ1) is 12.1. The van der Waals surface area contributed by atoms with Crippen molar-refractivity contribution in [3.8, 4) is 5.69 Å². The highest BCUT2D eigenvalue weighted by Gasteiger charge is 2.16. The second-order valence-electron chi connectivity index (χ2n) is 3.72. The minimum Gasteiger partial charge on any atom is -0.465 e. The summed E-state index contributed by atoms with van der Waals surface area (Å²) in [5.41, 5.74) is 13.4. The molecule has 1 aromatic heterocycles. The maximum Gasteiger partial charge on any atom is 0.343 e. The lowest BCUT2D eigenvalue weighted by Gasteiger charge is -2.05. The van der Waals surface area contributed by atoms with Gasteiger partial charge in [-0.1, -0.05) is 12.1 Å². The molecule has 6 heteroatoms. The molecule has 1 aromatic carbocycles. The summed E-state index contributed by atoms with van der Waals surface area (Å²) in [6.07, 6.45) is 1.39. The zero-order chi connectivity index (χ0) is 13.1. The molecule has 0 saturated heterocycles. The molecule has 0 atom stereocenters. The van der Waals surface area contributed by atoms with Crippen LogP contribution in [0.3, 0.4) is 0 Å². The number of methoxy groups -OCH3 is 1. The normalized spacial score (nSPS) is 10.3. The second-order valence-corrected chi connectivity index (χ2v) is 3.72. The number of anilines is 1. The van der Waals surface area contributed by atoms with Crippen molar-refractivity contribution in [1.82, 2.24) is 9.78 Å². The Morgan fingerprint density at radius 1 is 1.39 bits per heavy atom. The predicted molar refractivity (Wildman–Crippen MR) is 67.2 cm³/mol. The molecule has 0 spiro atoms. The Hall–Kier alpha value is -2.34. The Morgan fingerprint density at radius 3 is 2.61 bits per heavy atom. The molecular formula is C12H14N4O2. The average Bonchev–Trinajstić information content (AvgIpc) is 2.80. The van der Waals surface area contributed by atoms with Gasteiger partial charge < -0.3 is 16.2 Å². The van der Waals surface area contributed by atoms with Crippen LogP contribution in [-0.2, 0) is 11.3 Å². The number of nitrogens with zero attached hydrogens (tertiary/aromatic N) is 2. The standard InChI is InChI=1S/C12H14N4O2/c1-18-12(17)10-7-15-16(11(10)14)9-4-2-8(6-13)3-5-9/h2-5,7H,6,13-14H2,1H3. The molecule has 0 bridgehead atoms. The zero-order valence-corrected chi connectivity index (χ0v) is 9.96. The first-order chi connectivity index (χ1) is 8.67. The van der Waals surface area contributed by atoms with Gasteiger partial charge in [0.2, 0.25) is 0 Å². The summed E-state index contributed by atoms with van der Waals surface area (Å²) in [7, 11) is 1.30. The van der Waals surface area contributed by atoms with Gasteiger partial charge in [0.15, 0.2) is 0 Å². The molecule has 0 saturated carbocycles. The summed E-state index contributed by atoms with van der Waals surface area (Å²) in [6.45, 7) is 0.474. The van der Waals surface area contributed by atoms with Gasteiger partial charge in [0.05, 0.1) is 19.0 Å². The molecular weight excluding hydrogens is 232 g/mol. The largest absolute Gasteiger partial charge is 0.465 e. The number of aromatic nitrogens is 2. The number of nitrogen functional groups attached to an aromatic ring is 1. The fourth-order valence-electron chi connectivity index (χ4n) is 1.60. The zero-order valence-electron chi connectivity index (χ0n) is 9.96. The molecule has 2 aromatic rings. The molecule has 0 aliphatic rings. The molecule has 18 heavy (non-hydrogen) atoms. The monoisotopic (exact) mass is 246 g/mol. The number of ether oxygens (including phenoxy) is 1. The average molecular weight is 246 g/mol. The van der Waals surface area contributed by atoms with Gasteiger partial charge in [-0.2, -0.15) is 5.10 Å². The van der Waals surface area contributed by atoms with Crippen LogP contribution in [0.4, 0.5) is 5.82 Å². The quantitative estimate of drug-likeness (QED) is 0.777. The summed E-state index contributed by atoms with van der Waals surface area (Å²) < 4.78 is 6.09. The number of hydrogen-bond acceptors (Lipinski definition) is 5. The van der Waals surface area contributed by atoms with E-state index in [4.69, 9.17) is 11.5 Å². The van der Waals surface area contributed by atoms with E-state index in [9.17, 15) is 4.79 Å². The third-order valence-corrected chi connectivity index (χ3v) is 2.63. The summed E-state index contributed by atoms with van der Waals surface area (Å²) in [5.74, 6) is -0.250. The van der Waals surface area contributed by atoms with Gasteiger partial charge in [0.25, 0.3) is 0 Å². The molecule has 0 amide bonds. The molecule has 94 valence electrons. The Kier molecular flexibility index (Phi) is 3.29. The number of carbonyl (C=O) groups excluding carboxylic acids is 1. The summed E-state index contributed by atoms with van der Waals surface area (Å²) in [5, 5.41) is 4.07. The van der Waals surface area contributed by atoms with Crippen molar-refractivity contribution in [2.75, 3.05) is 12.8 Å². The van der Waals surface area contributed by atoms with Crippen LogP contribution in [0.25, 0.3) is 5.69 Å². The second kappa shape index (κ2) is 4.89. The highest BCUT2D eigenvalue weighted by Crippen LogP contribution is 2.18. The predicted octanol–water partition coefficient (Wildman–Crippen LogP) is 0.700. The summed E-state index contributed by atoms with van der Waals surface area (Å²) >= 11 is 0. The third-order valence-electron chi connectivity index (χ3n) is 2.63. The maximum atomic E-state index is 11.4. The molecule has 0 aliphatic heterocycles. The Bertz CT molecular complexity index is 560. The van der Waals surface area contributed by atoms with E-state index in [0.717, 1.165) is 11.3 Å². The van der Waals surface area contributed by atoms with Gasteiger partial charge in [-0.05, 0) is 17.7 Å². The van der Waals surface area contributed by atoms with E-state index in [-0.39, 0.29) is 11.4 Å². The lowest BCUT2D eigenvalue weighted by Crippen LogP contribution is -2.07. The molecule has 0 aliphatic carbocycles. The number of esters is 1. The van der Waals surface area contributed by atoms with Gasteiger partial charge in [-0.25, -0.2) is 9.48 Å². The Balaban J connectivity index is 2.39. The van der Waals surface area contributed by atoms with Crippen LogP contribution in [0.5, 0.6) is 0 Å². The fraction of sp³-hybridized carbons (Fsp3) is 0.167. The molecule has 0 fully saturated rings. The van der Waals surface area contributed by atoms with Gasteiger partial charge in [-0.15, -0.1) is 0 Å². The van der Waals surface area contributed by atoms with Crippen LogP contribution in [0.2, 0.25) is 0 Å². The highest BCUT2D eigenvalue weighted by molar-refractivity contribution is 5.94. The van der Waals surface area contributed by atoms with E-state index in [2.05, 4.69) is 9.84 Å². The number of carbonyl (C=O) groups is 1. The van der Waals surface area contributed by atoms with Crippen LogP contribution in [0, 0.1) is 0 Å². The van der Waals surface area contributed by atoms with E-state index < -0.39 is 5.97 Å². The first-order valence-electron chi connectivity index (χ1n) is 5.38. The highest BCUT2D eigenvalue weighted by atomic mass is 16.5. The van der Waals surface area contributed by atoms with Crippen LogP contribution >= 0.6 is 0 Å². The minimum atomic E-state index is -0.502. The van der Waals surface area contributed by atoms with E-state index in [1.807, 2.05) is 24.3 Å². The number of nitrogens with two attached hydrogens (primary N) is 2. The van der Waals surface area contributed by atoms with Crippen molar-refractivity contribution >= 4 is 11.8 Å². The van der Waals surface area contributed by atoms with Crippen LogP contribution < -0.4 is 11.5 Å². The molecule has 6 nitrogen and oxygen atoms in total. The molecule has 2 rings (SSSR count). The topological polar surface area (TPSA) is 96.2 Å². The van der Waals surface area contributed by atoms with E-state index in [1.54, 1.807) is 0 Å². The van der Waals surface area contributed by atoms with Crippen molar-refractivity contribution in [1.29, 1.82) is 0 Å². The van der Waals surface area contributed by atoms with Crippen molar-refractivity contribution < 1.29 is 9.53 Å². The number of benzene rings is 1. The fourth-order valence-corrected chi connectivity index (χ4v) is 1.60. The van der Waals surface area contributed by atoms with Crippen molar-refractivity contribution in [2.45, 2.75) is 6.54 Å². The van der Waals surface area contributed by atoms with Crippen molar-refractivity contribution in [2.24, 2.45) is 5.73 Å². The minimum absolute atomic E-state index is 0.250. The van der Waals surface area contributed by atoms with Gasteiger partial charge in [0, 0.05) is 6.54 Å². The SMILES string of the molecule is COC(=O)c1cnn(-c2ccc(CN)cc2)c1N. The Morgan fingerprint density at radius 2 is 2.06 bits per heavy atom. The molecule has 1 heterocycles. The van der Waals surface area contributed by atoms with E-state index >= 15 is 0 Å². The van der Waals surface area contributed by atoms with Gasteiger partial charge in [0.1, 0.15) is 11.4 Å². The van der Waals surface area contributed by atoms with Gasteiger partial charge in [-0.3, -0.25) is 0 Å². The molecule has 0 unspecified atom stereocenters. The van der Waals surface area contributed by atoms with Crippen LogP contribution in [0.1, 0.15) is 15.9 Å². The molecule has 0 radical (unpaired) electrons. The van der Waals surface area contributed by atoms with Crippen molar-refractivity contribution in [3.05, 3.63) is 41.6 Å². The first-order valence-corrected chi connectivity index (χ1v) is 5.38. The van der Waals surface area contributed by atoms with Gasteiger partial charge >= 0.3 is 5.97 Å². The number of rotatable bonds is 3. The lowest BCUT2D eigenvalue weighted by atomic mass is 10.2. The van der Waals surface area contributed by atoms with E-state index in [1.165, 1.54) is 18.0 Å². The summed E-state index contributed by atoms with van der Waals surface area (Å²) in [4.78, 5) is 11.4. The Labute approximate surface area is 104 Å². The van der Waals surface area contributed by atoms with Crippen LogP contribution in [0.15, 0.2) is 30.5 Å². The van der Waals surface area contributed by atoms with E-state index in [0.29, 0.717) is 6.54 Å². The summed E-state index contributed by atoms with van der Waals surface area (Å²) in [6, 6.07) is 7.45. The third kappa shape index (κ3) is 2.05. The maximum absolute atomic E-state index is 11.4. The lowest BCUT2D eigenvalue weighted by molar-refractivity contribution is 0.0602. The number of hydrogen-bond donors (Lipinski definition) is 2. The smallest absolute Gasteiger partial charge is 0.343 e.